The van der Waals surface area contributed by atoms with Crippen molar-refractivity contribution in [3.63, 3.8) is 0 Å². The van der Waals surface area contributed by atoms with Crippen molar-refractivity contribution in [2.24, 2.45) is 0 Å². The normalized spacial score (nSPS) is 16.9. The summed E-state index contributed by atoms with van der Waals surface area (Å²) in [5.74, 6) is -0.0482. The highest BCUT2D eigenvalue weighted by Crippen LogP contribution is 2.46. The van der Waals surface area contributed by atoms with Crippen molar-refractivity contribution in [1.82, 2.24) is 0 Å². The van der Waals surface area contributed by atoms with E-state index in [0.717, 1.165) is 17.1 Å². The molecule has 1 heterocycles. The van der Waals surface area contributed by atoms with Crippen molar-refractivity contribution >= 4 is 17.3 Å². The number of fused-ring (bicyclic) bond motifs is 1. The van der Waals surface area contributed by atoms with Gasteiger partial charge in [-0.2, -0.15) is 0 Å². The number of nitrogens with one attached hydrogen (secondary N) is 1. The van der Waals surface area contributed by atoms with Gasteiger partial charge in [0.25, 0.3) is 0 Å². The van der Waals surface area contributed by atoms with Crippen LogP contribution in [0.15, 0.2) is 30.5 Å². The highest BCUT2D eigenvalue weighted by molar-refractivity contribution is 5.89. The van der Waals surface area contributed by atoms with Crippen LogP contribution in [0.3, 0.4) is 0 Å². The molecule has 0 radical (unpaired) electrons. The van der Waals surface area contributed by atoms with E-state index >= 15 is 0 Å². The lowest BCUT2D eigenvalue weighted by Crippen LogP contribution is -2.21. The Bertz CT molecular complexity index is 503. The predicted molar refractivity (Wildman–Crippen MR) is 71.3 cm³/mol. The summed E-state index contributed by atoms with van der Waals surface area (Å²) in [6.07, 6.45) is 0. The molecule has 1 N–H and O–H groups in total. The van der Waals surface area contributed by atoms with Gasteiger partial charge in [-0.15, -0.1) is 0 Å². The zero-order chi connectivity index (χ0) is 12.8. The number of rotatable bonds is 1. The van der Waals surface area contributed by atoms with Crippen molar-refractivity contribution in [3.8, 4) is 0 Å². The molecule has 1 amide bonds. The first-order valence-electron chi connectivity index (χ1n) is 5.69. The molecule has 1 aliphatic rings. The molecule has 0 aliphatic carbocycles. The van der Waals surface area contributed by atoms with E-state index in [1.54, 1.807) is 0 Å². The Morgan fingerprint density at radius 1 is 1.41 bits per heavy atom. The minimum Gasteiger partial charge on any atom is -0.348 e. The Kier molecular flexibility index (Phi) is 2.49. The van der Waals surface area contributed by atoms with Crippen LogP contribution in [0.1, 0.15) is 26.3 Å². The number of hydrogen-bond donors (Lipinski definition) is 1. The maximum Gasteiger partial charge on any atom is 0.221 e. The molecule has 90 valence electrons. The van der Waals surface area contributed by atoms with Crippen molar-refractivity contribution in [2.45, 2.75) is 26.2 Å². The Morgan fingerprint density at radius 2 is 2.06 bits per heavy atom. The van der Waals surface area contributed by atoms with E-state index in [4.69, 9.17) is 0 Å². The fourth-order valence-electron chi connectivity index (χ4n) is 2.33. The third-order valence-electron chi connectivity index (χ3n) is 3.48. The second kappa shape index (κ2) is 3.62. The molecule has 3 nitrogen and oxygen atoms in total. The summed E-state index contributed by atoms with van der Waals surface area (Å²) in [4.78, 5) is 13.2. The quantitative estimate of drug-likeness (QED) is 0.804. The van der Waals surface area contributed by atoms with Crippen LogP contribution in [0.25, 0.3) is 0 Å². The summed E-state index contributed by atoms with van der Waals surface area (Å²) in [6, 6.07) is 5.98. The molecule has 1 aromatic carbocycles. The molecular formula is C14H18N2O. The van der Waals surface area contributed by atoms with Crippen LogP contribution in [0.2, 0.25) is 0 Å². The van der Waals surface area contributed by atoms with Gasteiger partial charge in [0.15, 0.2) is 0 Å². The van der Waals surface area contributed by atoms with Crippen molar-refractivity contribution in [2.75, 3.05) is 17.3 Å². The van der Waals surface area contributed by atoms with E-state index in [0.29, 0.717) is 0 Å². The van der Waals surface area contributed by atoms with Gasteiger partial charge in [-0.05, 0) is 23.8 Å². The van der Waals surface area contributed by atoms with E-state index in [9.17, 15) is 4.79 Å². The van der Waals surface area contributed by atoms with Gasteiger partial charge >= 0.3 is 0 Å². The Labute approximate surface area is 102 Å². The van der Waals surface area contributed by atoms with E-state index in [1.807, 2.05) is 25.2 Å². The summed E-state index contributed by atoms with van der Waals surface area (Å²) >= 11 is 0. The van der Waals surface area contributed by atoms with Crippen LogP contribution in [0.4, 0.5) is 11.4 Å². The first-order chi connectivity index (χ1) is 7.84. The standard InChI is InChI=1S/C14H18N2O/c1-9-14(3,4)12-8-11(15-10(2)17)6-7-13(12)16(9)5/h6-8H,1H2,2-5H3,(H,15,17). The zero-order valence-electron chi connectivity index (χ0n) is 10.8. The lowest BCUT2D eigenvalue weighted by molar-refractivity contribution is -0.114. The highest BCUT2D eigenvalue weighted by Gasteiger charge is 2.37. The summed E-state index contributed by atoms with van der Waals surface area (Å²) in [7, 11) is 2.02. The summed E-state index contributed by atoms with van der Waals surface area (Å²) in [5, 5.41) is 2.81. The third kappa shape index (κ3) is 1.71. The van der Waals surface area contributed by atoms with E-state index in [-0.39, 0.29) is 11.3 Å². The molecule has 1 aliphatic heterocycles. The number of carbonyl (C=O) groups is 1. The number of benzene rings is 1. The van der Waals surface area contributed by atoms with Crippen LogP contribution in [0.5, 0.6) is 0 Å². The average molecular weight is 230 g/mol. The SMILES string of the molecule is C=C1N(C)c2ccc(NC(C)=O)cc2C1(C)C. The Balaban J connectivity index is 2.50. The van der Waals surface area contributed by atoms with E-state index < -0.39 is 0 Å². The van der Waals surface area contributed by atoms with Gasteiger partial charge < -0.3 is 10.2 Å². The lowest BCUT2D eigenvalue weighted by Gasteiger charge is -2.22. The number of hydrogen-bond acceptors (Lipinski definition) is 2. The number of allylic oxidation sites excluding steroid dienone is 1. The van der Waals surface area contributed by atoms with Crippen LogP contribution >= 0.6 is 0 Å². The maximum atomic E-state index is 11.1. The summed E-state index contributed by atoms with van der Waals surface area (Å²) < 4.78 is 0. The third-order valence-corrected chi connectivity index (χ3v) is 3.48. The van der Waals surface area contributed by atoms with Gasteiger partial charge in [0, 0.05) is 36.5 Å². The number of anilines is 2. The number of likely N-dealkylation sites (N-methyl/N-ethyl adjacent to an activating group) is 1. The Morgan fingerprint density at radius 3 is 2.65 bits per heavy atom. The summed E-state index contributed by atoms with van der Waals surface area (Å²) in [6.45, 7) is 9.95. The molecule has 0 saturated heterocycles. The fourth-order valence-corrected chi connectivity index (χ4v) is 2.33. The molecule has 0 aromatic heterocycles. The first-order valence-corrected chi connectivity index (χ1v) is 5.69. The topological polar surface area (TPSA) is 32.3 Å². The van der Waals surface area contributed by atoms with Gasteiger partial charge in [-0.1, -0.05) is 20.4 Å². The molecule has 0 spiro atoms. The van der Waals surface area contributed by atoms with Gasteiger partial charge in [0.2, 0.25) is 5.91 Å². The van der Waals surface area contributed by atoms with Crippen molar-refractivity contribution in [1.29, 1.82) is 0 Å². The molecule has 2 rings (SSSR count). The molecule has 0 saturated carbocycles. The minimum atomic E-state index is -0.0848. The first kappa shape index (κ1) is 11.7. The van der Waals surface area contributed by atoms with Gasteiger partial charge in [0.05, 0.1) is 0 Å². The van der Waals surface area contributed by atoms with Crippen LogP contribution in [-0.2, 0) is 10.2 Å². The second-order valence-corrected chi connectivity index (χ2v) is 5.04. The molecule has 0 unspecified atom stereocenters. The van der Waals surface area contributed by atoms with Gasteiger partial charge in [-0.3, -0.25) is 4.79 Å². The Hall–Kier alpha value is -1.77. The smallest absolute Gasteiger partial charge is 0.221 e. The molecule has 0 atom stereocenters. The van der Waals surface area contributed by atoms with E-state index in [1.165, 1.54) is 12.5 Å². The highest BCUT2D eigenvalue weighted by atomic mass is 16.1. The molecule has 0 bridgehead atoms. The molecule has 3 heteroatoms. The van der Waals surface area contributed by atoms with Gasteiger partial charge in [0.1, 0.15) is 0 Å². The summed E-state index contributed by atoms with van der Waals surface area (Å²) in [5.41, 5.74) is 4.20. The van der Waals surface area contributed by atoms with Crippen molar-refractivity contribution < 1.29 is 4.79 Å². The van der Waals surface area contributed by atoms with Gasteiger partial charge in [-0.25, -0.2) is 0 Å². The largest absolute Gasteiger partial charge is 0.348 e. The zero-order valence-corrected chi connectivity index (χ0v) is 10.8. The molecule has 0 fully saturated rings. The maximum absolute atomic E-state index is 11.1. The monoisotopic (exact) mass is 230 g/mol. The average Bonchev–Trinajstić information content (AvgIpc) is 2.40. The lowest BCUT2D eigenvalue weighted by atomic mass is 9.84. The number of amides is 1. The number of carbonyl (C=O) groups excluding carboxylic acids is 1. The molecule has 17 heavy (non-hydrogen) atoms. The minimum absolute atomic E-state index is 0.0482. The number of nitrogens with zero attached hydrogens (tertiary/aromatic N) is 1. The van der Waals surface area contributed by atoms with Crippen LogP contribution in [0, 0.1) is 0 Å². The molecule has 1 aromatic rings. The van der Waals surface area contributed by atoms with Crippen LogP contribution in [-0.4, -0.2) is 13.0 Å². The van der Waals surface area contributed by atoms with Crippen molar-refractivity contribution in [3.05, 3.63) is 36.0 Å². The predicted octanol–water partition coefficient (Wildman–Crippen LogP) is 2.89. The van der Waals surface area contributed by atoms with Crippen LogP contribution < -0.4 is 10.2 Å². The second-order valence-electron chi connectivity index (χ2n) is 5.04. The molecular weight excluding hydrogens is 212 g/mol. The van der Waals surface area contributed by atoms with E-state index in [2.05, 4.69) is 30.6 Å². The fraction of sp³-hybridized carbons (Fsp3) is 0.357.